The zero-order chi connectivity index (χ0) is 16.4. The summed E-state index contributed by atoms with van der Waals surface area (Å²) in [6, 6.07) is 7.34. The Hall–Kier alpha value is -1.87. The quantitative estimate of drug-likeness (QED) is 0.578. The van der Waals surface area contributed by atoms with Gasteiger partial charge in [0.1, 0.15) is 9.45 Å². The maximum absolute atomic E-state index is 6.19. The van der Waals surface area contributed by atoms with Gasteiger partial charge < -0.3 is 9.47 Å². The van der Waals surface area contributed by atoms with Gasteiger partial charge in [0.15, 0.2) is 0 Å². The van der Waals surface area contributed by atoms with Crippen LogP contribution in [-0.2, 0) is 0 Å². The number of hydrogen-bond acceptors (Lipinski definition) is 5. The molecule has 0 fully saturated rings. The van der Waals surface area contributed by atoms with Crippen molar-refractivity contribution in [3.05, 3.63) is 45.4 Å². The van der Waals surface area contributed by atoms with Crippen LogP contribution in [0.3, 0.4) is 0 Å². The molecule has 3 rings (SSSR count). The first kappa shape index (κ1) is 16.0. The molecule has 0 atom stereocenters. The number of ether oxygens (including phenoxy) is 2. The number of halogens is 2. The Balaban J connectivity index is 2.25. The van der Waals surface area contributed by atoms with Gasteiger partial charge in [0.25, 0.3) is 0 Å². The monoisotopic (exact) mass is 442 g/mol. The van der Waals surface area contributed by atoms with Gasteiger partial charge in [0.05, 0.1) is 32.3 Å². The lowest BCUT2D eigenvalue weighted by molar-refractivity contribution is 0.388. The number of methoxy groups -OCH3 is 2. The second-order valence-electron chi connectivity index (χ2n) is 4.57. The van der Waals surface area contributed by atoms with Gasteiger partial charge in [-0.15, -0.1) is 5.10 Å². The smallest absolute Gasteiger partial charge is 0.213 e. The molecule has 0 N–H and O–H groups in total. The third kappa shape index (κ3) is 3.25. The third-order valence-electron chi connectivity index (χ3n) is 3.23. The molecule has 0 aliphatic rings. The fraction of sp³-hybridized carbons (Fsp3) is 0.133. The van der Waals surface area contributed by atoms with Crippen LogP contribution in [0.2, 0.25) is 5.02 Å². The largest absolute Gasteiger partial charge is 0.494 e. The Kier molecular flexibility index (Phi) is 4.67. The number of aromatic nitrogens is 4. The summed E-state index contributed by atoms with van der Waals surface area (Å²) in [5.74, 6) is 1.10. The molecule has 0 aliphatic carbocycles. The third-order valence-corrected chi connectivity index (χ3v) is 3.96. The average Bonchev–Trinajstić information content (AvgIpc) is 3.00. The minimum absolute atomic E-state index is 0.486. The number of pyridine rings is 1. The number of benzene rings is 1. The van der Waals surface area contributed by atoms with Crippen molar-refractivity contribution in [2.45, 2.75) is 0 Å². The fourth-order valence-electron chi connectivity index (χ4n) is 2.19. The summed E-state index contributed by atoms with van der Waals surface area (Å²) in [6.07, 6.45) is 3.45. The Morgan fingerprint density at radius 2 is 1.96 bits per heavy atom. The second kappa shape index (κ2) is 6.71. The number of hydrogen-bond donors (Lipinski definition) is 0. The molecule has 0 saturated heterocycles. The normalized spacial score (nSPS) is 10.6. The molecular formula is C15H12ClIN4O2. The van der Waals surface area contributed by atoms with Crippen molar-refractivity contribution in [3.8, 4) is 28.4 Å². The van der Waals surface area contributed by atoms with Crippen LogP contribution in [0.4, 0.5) is 0 Å². The maximum atomic E-state index is 6.19. The summed E-state index contributed by atoms with van der Waals surface area (Å²) in [5.41, 5.74) is 2.48. The predicted molar refractivity (Wildman–Crippen MR) is 95.4 cm³/mol. The summed E-state index contributed by atoms with van der Waals surface area (Å²) in [5, 5.41) is 8.76. The average molecular weight is 443 g/mol. The Morgan fingerprint density at radius 1 is 1.13 bits per heavy atom. The van der Waals surface area contributed by atoms with Gasteiger partial charge in [-0.2, -0.15) is 0 Å². The van der Waals surface area contributed by atoms with Gasteiger partial charge in [-0.1, -0.05) is 16.8 Å². The van der Waals surface area contributed by atoms with Crippen LogP contribution in [0.25, 0.3) is 16.8 Å². The summed E-state index contributed by atoms with van der Waals surface area (Å²) < 4.78 is 13.1. The molecule has 3 aromatic rings. The Morgan fingerprint density at radius 3 is 2.61 bits per heavy atom. The van der Waals surface area contributed by atoms with E-state index in [4.69, 9.17) is 21.1 Å². The maximum Gasteiger partial charge on any atom is 0.213 e. The zero-order valence-electron chi connectivity index (χ0n) is 12.3. The van der Waals surface area contributed by atoms with Crippen molar-refractivity contribution in [2.24, 2.45) is 0 Å². The Bertz CT molecular complexity index is 853. The van der Waals surface area contributed by atoms with Gasteiger partial charge in [-0.3, -0.25) is 0 Å². The molecule has 8 heteroatoms. The van der Waals surface area contributed by atoms with Crippen molar-refractivity contribution >= 4 is 34.2 Å². The number of nitrogens with zero attached hydrogens (tertiary/aromatic N) is 4. The van der Waals surface area contributed by atoms with Crippen molar-refractivity contribution in [2.75, 3.05) is 14.2 Å². The minimum atomic E-state index is 0.486. The van der Waals surface area contributed by atoms with E-state index in [-0.39, 0.29) is 0 Å². The number of rotatable bonds is 4. The molecule has 0 bridgehead atoms. The van der Waals surface area contributed by atoms with E-state index in [1.807, 2.05) is 18.3 Å². The highest BCUT2D eigenvalue weighted by atomic mass is 127. The highest BCUT2D eigenvalue weighted by Gasteiger charge is 2.15. The predicted octanol–water partition coefficient (Wildman–Crippen LogP) is 3.60. The van der Waals surface area contributed by atoms with Gasteiger partial charge in [-0.25, -0.2) is 9.67 Å². The van der Waals surface area contributed by atoms with Gasteiger partial charge in [0, 0.05) is 22.2 Å². The van der Waals surface area contributed by atoms with Crippen molar-refractivity contribution in [3.63, 3.8) is 0 Å². The van der Waals surface area contributed by atoms with Crippen LogP contribution < -0.4 is 9.47 Å². The Labute approximate surface area is 151 Å². The first-order chi connectivity index (χ1) is 11.1. The molecular weight excluding hydrogens is 431 g/mol. The van der Waals surface area contributed by atoms with Crippen molar-refractivity contribution in [1.29, 1.82) is 0 Å². The first-order valence-electron chi connectivity index (χ1n) is 6.58. The lowest BCUT2D eigenvalue weighted by Gasteiger charge is -2.14. The molecule has 118 valence electrons. The minimum Gasteiger partial charge on any atom is -0.494 e. The molecule has 23 heavy (non-hydrogen) atoms. The topological polar surface area (TPSA) is 62.1 Å². The zero-order valence-corrected chi connectivity index (χ0v) is 15.2. The van der Waals surface area contributed by atoms with Gasteiger partial charge >= 0.3 is 0 Å². The lowest BCUT2D eigenvalue weighted by atomic mass is 10.0. The summed E-state index contributed by atoms with van der Waals surface area (Å²) >= 11 is 8.30. The van der Waals surface area contributed by atoms with Crippen molar-refractivity contribution < 1.29 is 9.47 Å². The van der Waals surface area contributed by atoms with E-state index in [1.54, 1.807) is 37.2 Å². The van der Waals surface area contributed by atoms with Crippen LogP contribution in [0.5, 0.6) is 11.6 Å². The van der Waals surface area contributed by atoms with E-state index in [2.05, 4.69) is 37.9 Å². The molecule has 1 aromatic carbocycles. The first-order valence-corrected chi connectivity index (χ1v) is 8.04. The van der Waals surface area contributed by atoms with Crippen molar-refractivity contribution in [1.82, 2.24) is 20.0 Å². The van der Waals surface area contributed by atoms with E-state index < -0.39 is 0 Å². The highest BCUT2D eigenvalue weighted by molar-refractivity contribution is 14.1. The lowest BCUT2D eigenvalue weighted by Crippen LogP contribution is -2.00. The van der Waals surface area contributed by atoms with E-state index in [0.29, 0.717) is 16.7 Å². The molecule has 0 radical (unpaired) electrons. The van der Waals surface area contributed by atoms with Crippen LogP contribution in [0, 0.1) is 3.70 Å². The molecule has 2 heterocycles. The summed E-state index contributed by atoms with van der Waals surface area (Å²) in [4.78, 5) is 4.17. The highest BCUT2D eigenvalue weighted by Crippen LogP contribution is 2.37. The van der Waals surface area contributed by atoms with Crippen LogP contribution in [-0.4, -0.2) is 34.2 Å². The molecule has 0 saturated carbocycles. The SMILES string of the molecule is COc1cc(-c2cc(Cl)ccc2-n2cc(I)nn2)c(OC)cn1. The summed E-state index contributed by atoms with van der Waals surface area (Å²) in [6.45, 7) is 0. The molecule has 0 aliphatic heterocycles. The van der Waals surface area contributed by atoms with Crippen LogP contribution >= 0.6 is 34.2 Å². The van der Waals surface area contributed by atoms with Crippen LogP contribution in [0.15, 0.2) is 36.7 Å². The van der Waals surface area contributed by atoms with Gasteiger partial charge in [-0.05, 0) is 40.8 Å². The van der Waals surface area contributed by atoms with E-state index in [9.17, 15) is 0 Å². The standard InChI is InChI=1S/C15H12ClIN4O2/c1-22-13-7-18-15(23-2)6-11(13)10-5-9(16)3-4-12(10)21-8-14(17)19-20-21/h3-8H,1-2H3. The van der Waals surface area contributed by atoms with Gasteiger partial charge in [0.2, 0.25) is 5.88 Å². The van der Waals surface area contributed by atoms with E-state index >= 15 is 0 Å². The van der Waals surface area contributed by atoms with E-state index in [0.717, 1.165) is 20.5 Å². The fourth-order valence-corrected chi connectivity index (χ4v) is 2.73. The molecule has 0 amide bonds. The molecule has 2 aromatic heterocycles. The van der Waals surface area contributed by atoms with Crippen LogP contribution in [0.1, 0.15) is 0 Å². The second-order valence-corrected chi connectivity index (χ2v) is 6.12. The molecule has 0 unspecified atom stereocenters. The summed E-state index contributed by atoms with van der Waals surface area (Å²) in [7, 11) is 3.16. The molecule has 0 spiro atoms. The molecule has 6 nitrogen and oxygen atoms in total. The van der Waals surface area contributed by atoms with E-state index in [1.165, 1.54) is 0 Å².